The number of nitrogens with zero attached hydrogens (tertiary/aromatic N) is 1. The molecule has 0 unspecified atom stereocenters. The number of esters is 1. The molecule has 0 spiro atoms. The van der Waals surface area contributed by atoms with Gasteiger partial charge in [0, 0.05) is 17.7 Å². The molecule has 1 amide bonds. The van der Waals surface area contributed by atoms with Gasteiger partial charge in [-0.1, -0.05) is 6.42 Å². The number of nitrogens with one attached hydrogen (secondary N) is 2. The lowest BCUT2D eigenvalue weighted by atomic mass is 9.92. The van der Waals surface area contributed by atoms with Crippen LogP contribution in [0.2, 0.25) is 0 Å². The predicted molar refractivity (Wildman–Crippen MR) is 117 cm³/mol. The van der Waals surface area contributed by atoms with E-state index >= 15 is 0 Å². The van der Waals surface area contributed by atoms with Gasteiger partial charge in [-0.3, -0.25) is 19.9 Å². The van der Waals surface area contributed by atoms with Crippen molar-refractivity contribution in [1.29, 1.82) is 5.41 Å². The van der Waals surface area contributed by atoms with Crippen molar-refractivity contribution in [3.05, 3.63) is 29.8 Å². The highest BCUT2D eigenvalue weighted by atomic mass is 16.5. The second-order valence-corrected chi connectivity index (χ2v) is 8.55. The summed E-state index contributed by atoms with van der Waals surface area (Å²) in [6.45, 7) is 2.16. The normalized spacial score (nSPS) is 18.7. The summed E-state index contributed by atoms with van der Waals surface area (Å²) in [7, 11) is 0. The molecule has 1 heterocycles. The molecule has 1 saturated carbocycles. The Morgan fingerprint density at radius 3 is 2.37 bits per heavy atom. The van der Waals surface area contributed by atoms with Gasteiger partial charge in [-0.2, -0.15) is 0 Å². The summed E-state index contributed by atoms with van der Waals surface area (Å²) in [5.74, 6) is 0.447. The van der Waals surface area contributed by atoms with Gasteiger partial charge in [-0.15, -0.1) is 0 Å². The zero-order valence-corrected chi connectivity index (χ0v) is 17.7. The minimum absolute atomic E-state index is 0.00376. The summed E-state index contributed by atoms with van der Waals surface area (Å²) in [6, 6.07) is 6.99. The fourth-order valence-electron chi connectivity index (χ4n) is 4.31. The molecule has 3 rings (SSSR count). The van der Waals surface area contributed by atoms with Crippen molar-refractivity contribution in [3.8, 4) is 0 Å². The van der Waals surface area contributed by atoms with Crippen LogP contribution >= 0.6 is 0 Å². The lowest BCUT2D eigenvalue weighted by Gasteiger charge is -2.31. The average molecular weight is 415 g/mol. The van der Waals surface area contributed by atoms with Crippen LogP contribution in [0.25, 0.3) is 0 Å². The number of nitrogens with two attached hydrogens (primary N) is 1. The number of ether oxygens (including phenoxy) is 1. The monoisotopic (exact) mass is 414 g/mol. The maximum atomic E-state index is 12.2. The van der Waals surface area contributed by atoms with Gasteiger partial charge in [0.2, 0.25) is 5.91 Å². The van der Waals surface area contributed by atoms with E-state index in [1.165, 1.54) is 19.3 Å². The van der Waals surface area contributed by atoms with E-state index in [9.17, 15) is 9.59 Å². The summed E-state index contributed by atoms with van der Waals surface area (Å²) >= 11 is 0. The van der Waals surface area contributed by atoms with Gasteiger partial charge in [-0.25, -0.2) is 0 Å². The van der Waals surface area contributed by atoms with E-state index in [1.807, 2.05) is 0 Å². The minimum atomic E-state index is -0.0875. The number of likely N-dealkylation sites (tertiary alicyclic amines) is 1. The van der Waals surface area contributed by atoms with Crippen molar-refractivity contribution in [1.82, 2.24) is 4.90 Å². The summed E-state index contributed by atoms with van der Waals surface area (Å²) < 4.78 is 5.62. The number of hydrogen-bond donors (Lipinski definition) is 3. The van der Waals surface area contributed by atoms with Crippen molar-refractivity contribution in [3.63, 3.8) is 0 Å². The maximum Gasteiger partial charge on any atom is 0.320 e. The van der Waals surface area contributed by atoms with E-state index < -0.39 is 0 Å². The summed E-state index contributed by atoms with van der Waals surface area (Å²) in [4.78, 5) is 26.6. The largest absolute Gasteiger partial charge is 0.461 e. The minimum Gasteiger partial charge on any atom is -0.461 e. The molecular weight excluding hydrogens is 380 g/mol. The molecule has 4 N–H and O–H groups in total. The second-order valence-electron chi connectivity index (χ2n) is 8.55. The molecule has 30 heavy (non-hydrogen) atoms. The molecule has 2 fully saturated rings. The molecule has 164 valence electrons. The SMILES string of the molecule is N=C(N)c1ccc(NC(=O)CCC2CCN(CC(=O)OC3CCCCC3)CC2)cc1. The molecule has 7 heteroatoms. The Bertz CT molecular complexity index is 720. The number of amidine groups is 1. The smallest absolute Gasteiger partial charge is 0.320 e. The van der Waals surface area contributed by atoms with E-state index in [0.29, 0.717) is 24.4 Å². The van der Waals surface area contributed by atoms with Crippen LogP contribution in [0.3, 0.4) is 0 Å². The molecule has 0 aromatic heterocycles. The number of carbonyl (C=O) groups is 2. The van der Waals surface area contributed by atoms with Gasteiger partial charge in [0.25, 0.3) is 0 Å². The van der Waals surface area contributed by atoms with Crippen LogP contribution in [0.5, 0.6) is 0 Å². The van der Waals surface area contributed by atoms with Crippen LogP contribution in [-0.4, -0.2) is 48.4 Å². The number of amides is 1. The number of rotatable bonds is 8. The van der Waals surface area contributed by atoms with Crippen molar-refractivity contribution in [2.45, 2.75) is 63.9 Å². The third kappa shape index (κ3) is 7.13. The number of anilines is 1. The molecule has 0 atom stereocenters. The highest BCUT2D eigenvalue weighted by Crippen LogP contribution is 2.23. The van der Waals surface area contributed by atoms with Gasteiger partial charge in [0.1, 0.15) is 11.9 Å². The zero-order valence-electron chi connectivity index (χ0n) is 17.7. The molecule has 0 bridgehead atoms. The topological polar surface area (TPSA) is 109 Å². The molecule has 2 aliphatic rings. The Kier molecular flexibility index (Phi) is 8.25. The Morgan fingerprint density at radius 2 is 1.73 bits per heavy atom. The van der Waals surface area contributed by atoms with E-state index in [-0.39, 0.29) is 23.8 Å². The molecule has 1 aliphatic carbocycles. The van der Waals surface area contributed by atoms with Crippen molar-refractivity contribution in [2.75, 3.05) is 25.0 Å². The molecule has 7 nitrogen and oxygen atoms in total. The Hall–Kier alpha value is -2.41. The fourth-order valence-corrected chi connectivity index (χ4v) is 4.31. The highest BCUT2D eigenvalue weighted by Gasteiger charge is 2.24. The van der Waals surface area contributed by atoms with Crippen LogP contribution in [0, 0.1) is 11.3 Å². The number of hydrogen-bond acceptors (Lipinski definition) is 5. The van der Waals surface area contributed by atoms with E-state index in [1.54, 1.807) is 24.3 Å². The molecule has 1 aromatic rings. The number of carbonyl (C=O) groups excluding carboxylic acids is 2. The second kappa shape index (κ2) is 11.1. The lowest BCUT2D eigenvalue weighted by molar-refractivity contribution is -0.152. The predicted octanol–water partition coefficient (Wildman–Crippen LogP) is 3.28. The summed E-state index contributed by atoms with van der Waals surface area (Å²) in [5.41, 5.74) is 6.80. The van der Waals surface area contributed by atoms with E-state index in [4.69, 9.17) is 15.9 Å². The first kappa shape index (κ1) is 22.3. The van der Waals surface area contributed by atoms with Crippen LogP contribution in [0.4, 0.5) is 5.69 Å². The molecule has 1 saturated heterocycles. The average Bonchev–Trinajstić information content (AvgIpc) is 2.74. The van der Waals surface area contributed by atoms with Crippen LogP contribution in [0.1, 0.15) is 63.4 Å². The zero-order chi connectivity index (χ0) is 21.3. The lowest BCUT2D eigenvalue weighted by Crippen LogP contribution is -2.39. The maximum absolute atomic E-state index is 12.2. The van der Waals surface area contributed by atoms with Crippen LogP contribution in [-0.2, 0) is 14.3 Å². The Labute approximate surface area is 178 Å². The Morgan fingerprint density at radius 1 is 1.07 bits per heavy atom. The van der Waals surface area contributed by atoms with E-state index in [0.717, 1.165) is 50.9 Å². The van der Waals surface area contributed by atoms with E-state index in [2.05, 4.69) is 10.2 Å². The molecule has 1 aliphatic heterocycles. The first-order valence-electron chi connectivity index (χ1n) is 11.2. The standard InChI is InChI=1S/C23H34N4O3/c24-23(25)18-7-9-19(10-8-18)26-21(28)11-6-17-12-14-27(15-13-17)16-22(29)30-20-4-2-1-3-5-20/h7-10,17,20H,1-6,11-16H2,(H3,24,25)(H,26,28). The quantitative estimate of drug-likeness (QED) is 0.344. The first-order valence-corrected chi connectivity index (χ1v) is 11.2. The van der Waals surface area contributed by atoms with Crippen LogP contribution < -0.4 is 11.1 Å². The van der Waals surface area contributed by atoms with Gasteiger partial charge < -0.3 is 15.8 Å². The summed E-state index contributed by atoms with van der Waals surface area (Å²) in [5, 5.41) is 10.3. The number of nitrogen functional groups attached to an aromatic ring is 1. The van der Waals surface area contributed by atoms with Gasteiger partial charge in [0.15, 0.2) is 0 Å². The Balaban J connectivity index is 1.31. The number of piperidine rings is 1. The molecular formula is C23H34N4O3. The van der Waals surface area contributed by atoms with Crippen molar-refractivity contribution >= 4 is 23.4 Å². The fraction of sp³-hybridized carbons (Fsp3) is 0.609. The first-order chi connectivity index (χ1) is 14.5. The van der Waals surface area contributed by atoms with Gasteiger partial charge >= 0.3 is 5.97 Å². The third-order valence-corrected chi connectivity index (χ3v) is 6.17. The molecule has 1 aromatic carbocycles. The third-order valence-electron chi connectivity index (χ3n) is 6.17. The highest BCUT2D eigenvalue weighted by molar-refractivity contribution is 5.96. The van der Waals surface area contributed by atoms with Gasteiger partial charge in [0.05, 0.1) is 6.54 Å². The number of benzene rings is 1. The molecule has 0 radical (unpaired) electrons. The summed E-state index contributed by atoms with van der Waals surface area (Å²) in [6.07, 6.45) is 9.11. The van der Waals surface area contributed by atoms with Crippen LogP contribution in [0.15, 0.2) is 24.3 Å². The van der Waals surface area contributed by atoms with Crippen molar-refractivity contribution < 1.29 is 14.3 Å². The van der Waals surface area contributed by atoms with Gasteiger partial charge in [-0.05, 0) is 88.2 Å². The van der Waals surface area contributed by atoms with Crippen molar-refractivity contribution in [2.24, 2.45) is 11.7 Å².